The first-order chi connectivity index (χ1) is 8.88. The zero-order valence-corrected chi connectivity index (χ0v) is 10.1. The lowest BCUT2D eigenvalue weighted by molar-refractivity contribution is 0.415. The van der Waals surface area contributed by atoms with Gasteiger partial charge in [0.25, 0.3) is 0 Å². The third kappa shape index (κ3) is 1.82. The number of methoxy groups -OCH3 is 1. The van der Waals surface area contributed by atoms with E-state index in [2.05, 4.69) is 29.2 Å². The topological polar surface area (TPSA) is 22.1 Å². The minimum absolute atomic E-state index is 0.872. The Hall–Kier alpha value is -2.35. The first-order valence-corrected chi connectivity index (χ1v) is 5.86. The molecule has 0 saturated heterocycles. The second-order valence-electron chi connectivity index (χ2n) is 4.10. The summed E-state index contributed by atoms with van der Waals surface area (Å²) in [7, 11) is 1.68. The minimum atomic E-state index is 0.872. The van der Waals surface area contributed by atoms with Crippen LogP contribution in [-0.2, 0) is 0 Å². The minimum Gasteiger partial charge on any atom is -0.497 e. The van der Waals surface area contributed by atoms with Crippen molar-refractivity contribution in [1.82, 2.24) is 4.98 Å². The summed E-state index contributed by atoms with van der Waals surface area (Å²) in [5, 5.41) is 1.17. The maximum atomic E-state index is 5.18. The number of pyridine rings is 1. The Balaban J connectivity index is 2.18. The normalized spacial score (nSPS) is 10.5. The van der Waals surface area contributed by atoms with Crippen LogP contribution in [-0.4, -0.2) is 12.1 Å². The number of fused-ring (bicyclic) bond motifs is 1. The van der Waals surface area contributed by atoms with Gasteiger partial charge in [0.2, 0.25) is 0 Å². The molecule has 0 N–H and O–H groups in total. The summed E-state index contributed by atoms with van der Waals surface area (Å²) in [5.41, 5.74) is 3.39. The lowest BCUT2D eigenvalue weighted by Crippen LogP contribution is -1.85. The molecule has 2 heteroatoms. The highest BCUT2D eigenvalue weighted by Crippen LogP contribution is 2.28. The summed E-state index contributed by atoms with van der Waals surface area (Å²) < 4.78 is 5.18. The molecule has 0 aliphatic rings. The molecule has 0 saturated carbocycles. The molecule has 18 heavy (non-hydrogen) atoms. The van der Waals surface area contributed by atoms with Crippen LogP contribution in [0.1, 0.15) is 0 Å². The fourth-order valence-electron chi connectivity index (χ4n) is 2.13. The van der Waals surface area contributed by atoms with Crippen LogP contribution in [0.25, 0.3) is 22.0 Å². The SMILES string of the molecule is COc1ccc(-c2cccc3ncccc23)cc1. The maximum Gasteiger partial charge on any atom is 0.118 e. The largest absolute Gasteiger partial charge is 0.497 e. The van der Waals surface area contributed by atoms with Crippen LogP contribution in [0, 0.1) is 0 Å². The number of hydrogen-bond acceptors (Lipinski definition) is 2. The molecule has 2 nitrogen and oxygen atoms in total. The van der Waals surface area contributed by atoms with E-state index in [0.717, 1.165) is 11.3 Å². The molecular formula is C16H13NO. The predicted molar refractivity (Wildman–Crippen MR) is 73.7 cm³/mol. The second kappa shape index (κ2) is 4.49. The predicted octanol–water partition coefficient (Wildman–Crippen LogP) is 3.91. The van der Waals surface area contributed by atoms with E-state index >= 15 is 0 Å². The van der Waals surface area contributed by atoms with Gasteiger partial charge in [0, 0.05) is 11.6 Å². The average Bonchev–Trinajstić information content (AvgIpc) is 2.47. The van der Waals surface area contributed by atoms with Gasteiger partial charge in [-0.05, 0) is 35.4 Å². The van der Waals surface area contributed by atoms with E-state index < -0.39 is 0 Å². The van der Waals surface area contributed by atoms with Gasteiger partial charge in [-0.15, -0.1) is 0 Å². The number of rotatable bonds is 2. The van der Waals surface area contributed by atoms with Gasteiger partial charge in [-0.2, -0.15) is 0 Å². The van der Waals surface area contributed by atoms with Crippen LogP contribution in [0.15, 0.2) is 60.8 Å². The van der Waals surface area contributed by atoms with Gasteiger partial charge in [-0.3, -0.25) is 4.98 Å². The maximum absolute atomic E-state index is 5.18. The summed E-state index contributed by atoms with van der Waals surface area (Å²) in [5.74, 6) is 0.872. The van der Waals surface area contributed by atoms with Gasteiger partial charge in [0.15, 0.2) is 0 Å². The summed E-state index contributed by atoms with van der Waals surface area (Å²) in [6.45, 7) is 0. The zero-order valence-electron chi connectivity index (χ0n) is 10.1. The Morgan fingerprint density at radius 1 is 0.889 bits per heavy atom. The molecular weight excluding hydrogens is 222 g/mol. The van der Waals surface area contributed by atoms with Crippen LogP contribution >= 0.6 is 0 Å². The highest BCUT2D eigenvalue weighted by molar-refractivity contribution is 5.94. The van der Waals surface area contributed by atoms with Crippen LogP contribution in [0.3, 0.4) is 0 Å². The van der Waals surface area contributed by atoms with Crippen LogP contribution in [0.4, 0.5) is 0 Å². The number of benzene rings is 2. The molecule has 1 aromatic heterocycles. The molecule has 0 fully saturated rings. The summed E-state index contributed by atoms with van der Waals surface area (Å²) >= 11 is 0. The van der Waals surface area contributed by atoms with E-state index in [-0.39, 0.29) is 0 Å². The van der Waals surface area contributed by atoms with Crippen molar-refractivity contribution in [3.8, 4) is 16.9 Å². The van der Waals surface area contributed by atoms with Crippen molar-refractivity contribution in [3.05, 3.63) is 60.8 Å². The fourth-order valence-corrected chi connectivity index (χ4v) is 2.13. The van der Waals surface area contributed by atoms with Crippen molar-refractivity contribution in [2.24, 2.45) is 0 Å². The van der Waals surface area contributed by atoms with E-state index in [0.29, 0.717) is 0 Å². The average molecular weight is 235 g/mol. The fraction of sp³-hybridized carbons (Fsp3) is 0.0625. The van der Waals surface area contributed by atoms with Gasteiger partial charge < -0.3 is 4.74 Å². The number of ether oxygens (including phenoxy) is 1. The van der Waals surface area contributed by atoms with Crippen LogP contribution in [0.5, 0.6) is 5.75 Å². The highest BCUT2D eigenvalue weighted by atomic mass is 16.5. The van der Waals surface area contributed by atoms with E-state index in [1.165, 1.54) is 16.5 Å². The lowest BCUT2D eigenvalue weighted by Gasteiger charge is -2.07. The molecule has 0 unspecified atom stereocenters. The smallest absolute Gasteiger partial charge is 0.118 e. The Kier molecular flexibility index (Phi) is 2.69. The number of aromatic nitrogens is 1. The molecule has 0 radical (unpaired) electrons. The summed E-state index contributed by atoms with van der Waals surface area (Å²) in [4.78, 5) is 4.38. The second-order valence-corrected chi connectivity index (χ2v) is 4.10. The molecule has 3 rings (SSSR count). The van der Waals surface area contributed by atoms with Crippen molar-refractivity contribution in [1.29, 1.82) is 0 Å². The lowest BCUT2D eigenvalue weighted by atomic mass is 10.0. The third-order valence-corrected chi connectivity index (χ3v) is 3.05. The Morgan fingerprint density at radius 3 is 2.50 bits per heavy atom. The van der Waals surface area contributed by atoms with Crippen molar-refractivity contribution < 1.29 is 4.74 Å². The van der Waals surface area contributed by atoms with Crippen molar-refractivity contribution in [3.63, 3.8) is 0 Å². The molecule has 0 amide bonds. The molecule has 88 valence electrons. The van der Waals surface area contributed by atoms with E-state index in [4.69, 9.17) is 4.74 Å². The zero-order chi connectivity index (χ0) is 12.4. The van der Waals surface area contributed by atoms with Gasteiger partial charge in [-0.25, -0.2) is 0 Å². The summed E-state index contributed by atoms with van der Waals surface area (Å²) in [6.07, 6.45) is 1.82. The monoisotopic (exact) mass is 235 g/mol. The van der Waals surface area contributed by atoms with E-state index in [9.17, 15) is 0 Å². The van der Waals surface area contributed by atoms with Gasteiger partial charge in [0.1, 0.15) is 5.75 Å². The summed E-state index contributed by atoms with van der Waals surface area (Å²) in [6, 6.07) is 18.3. The molecule has 1 heterocycles. The molecule has 0 aliphatic heterocycles. The van der Waals surface area contributed by atoms with Gasteiger partial charge in [0.05, 0.1) is 12.6 Å². The standard InChI is InChI=1S/C16H13NO/c1-18-13-9-7-12(8-10-13)14-4-2-6-16-15(14)5-3-11-17-16/h2-11H,1H3. The highest BCUT2D eigenvalue weighted by Gasteiger charge is 2.03. The Bertz CT molecular complexity index is 669. The number of hydrogen-bond donors (Lipinski definition) is 0. The van der Waals surface area contributed by atoms with Gasteiger partial charge in [-0.1, -0.05) is 30.3 Å². The van der Waals surface area contributed by atoms with Crippen molar-refractivity contribution in [2.75, 3.05) is 7.11 Å². The molecule has 3 aromatic rings. The molecule has 0 bridgehead atoms. The molecule has 0 atom stereocenters. The molecule has 2 aromatic carbocycles. The Morgan fingerprint density at radius 2 is 1.72 bits per heavy atom. The van der Waals surface area contributed by atoms with E-state index in [1.807, 2.05) is 36.5 Å². The van der Waals surface area contributed by atoms with Crippen LogP contribution in [0.2, 0.25) is 0 Å². The van der Waals surface area contributed by atoms with Gasteiger partial charge >= 0.3 is 0 Å². The first-order valence-electron chi connectivity index (χ1n) is 5.86. The van der Waals surface area contributed by atoms with Crippen LogP contribution < -0.4 is 4.74 Å². The van der Waals surface area contributed by atoms with Crippen molar-refractivity contribution >= 4 is 10.9 Å². The van der Waals surface area contributed by atoms with E-state index in [1.54, 1.807) is 7.11 Å². The Labute approximate surface area is 106 Å². The quantitative estimate of drug-likeness (QED) is 0.671. The third-order valence-electron chi connectivity index (χ3n) is 3.05. The molecule has 0 aliphatic carbocycles. The van der Waals surface area contributed by atoms with Crippen molar-refractivity contribution in [2.45, 2.75) is 0 Å². The number of nitrogens with zero attached hydrogens (tertiary/aromatic N) is 1. The molecule has 0 spiro atoms. The first kappa shape index (κ1) is 10.8.